The van der Waals surface area contributed by atoms with Gasteiger partial charge in [0.05, 0.1) is 18.8 Å². The number of nitrogens with zero attached hydrogens (tertiary/aromatic N) is 1. The van der Waals surface area contributed by atoms with E-state index in [9.17, 15) is 4.79 Å². The topological polar surface area (TPSA) is 62.9 Å². The number of anilines is 1. The summed E-state index contributed by atoms with van der Waals surface area (Å²) >= 11 is 0. The first-order valence-electron chi connectivity index (χ1n) is 6.46. The molecule has 0 bridgehead atoms. The van der Waals surface area contributed by atoms with Crippen molar-refractivity contribution in [3.63, 3.8) is 0 Å². The van der Waals surface area contributed by atoms with Gasteiger partial charge in [0.15, 0.2) is 0 Å². The van der Waals surface area contributed by atoms with Crippen LogP contribution < -0.4 is 9.64 Å². The van der Waals surface area contributed by atoms with Crippen LogP contribution in [0, 0.1) is 0 Å². The molecule has 0 saturated carbocycles. The van der Waals surface area contributed by atoms with Gasteiger partial charge in [-0.25, -0.2) is 4.79 Å². The van der Waals surface area contributed by atoms with Crippen LogP contribution >= 0.6 is 0 Å². The largest absolute Gasteiger partial charge is 0.487 e. The number of hydrogen-bond acceptors (Lipinski definition) is 4. The molecule has 3 rings (SSSR count). The van der Waals surface area contributed by atoms with Gasteiger partial charge in [0.2, 0.25) is 5.76 Å². The molecular formula is C15H15NO4. The number of benzene rings is 1. The molecule has 5 heteroatoms. The van der Waals surface area contributed by atoms with Crippen LogP contribution in [0.2, 0.25) is 0 Å². The van der Waals surface area contributed by atoms with E-state index in [4.69, 9.17) is 14.3 Å². The number of carboxylic acids is 1. The Bertz CT molecular complexity index is 634. The maximum absolute atomic E-state index is 10.8. The molecule has 1 aromatic heterocycles. The van der Waals surface area contributed by atoms with Crippen LogP contribution in [-0.2, 0) is 6.54 Å². The molecule has 1 aliphatic rings. The van der Waals surface area contributed by atoms with Crippen molar-refractivity contribution in [2.75, 3.05) is 11.4 Å². The summed E-state index contributed by atoms with van der Waals surface area (Å²) in [6.07, 6.45) is 0.0822. The van der Waals surface area contributed by atoms with E-state index in [-0.39, 0.29) is 11.9 Å². The van der Waals surface area contributed by atoms with Crippen molar-refractivity contribution in [1.29, 1.82) is 0 Å². The summed E-state index contributed by atoms with van der Waals surface area (Å²) in [5, 5.41) is 8.88. The molecule has 1 unspecified atom stereocenters. The average molecular weight is 273 g/mol. The molecule has 104 valence electrons. The third kappa shape index (κ3) is 2.34. The predicted molar refractivity (Wildman–Crippen MR) is 73.2 cm³/mol. The van der Waals surface area contributed by atoms with E-state index in [0.717, 1.165) is 18.0 Å². The standard InChI is InChI=1S/C15H15NO4/c1-10-8-16(12-4-2-3-5-13(12)19-10)9-11-6-7-14(20-11)15(17)18/h2-7,10H,8-9H2,1H3,(H,17,18). The Morgan fingerprint density at radius 3 is 2.90 bits per heavy atom. The lowest BCUT2D eigenvalue weighted by molar-refractivity contribution is 0.0660. The minimum Gasteiger partial charge on any atom is -0.487 e. The molecule has 5 nitrogen and oxygen atoms in total. The van der Waals surface area contributed by atoms with Gasteiger partial charge in [-0.2, -0.15) is 0 Å². The Balaban J connectivity index is 1.85. The maximum atomic E-state index is 10.8. The Morgan fingerprint density at radius 2 is 2.15 bits per heavy atom. The van der Waals surface area contributed by atoms with Crippen molar-refractivity contribution in [3.05, 3.63) is 47.9 Å². The SMILES string of the molecule is CC1CN(Cc2ccc(C(=O)O)o2)c2ccccc2O1. The molecule has 20 heavy (non-hydrogen) atoms. The summed E-state index contributed by atoms with van der Waals surface area (Å²) < 4.78 is 11.1. The van der Waals surface area contributed by atoms with Gasteiger partial charge >= 0.3 is 5.97 Å². The molecule has 2 heterocycles. The number of aromatic carboxylic acids is 1. The normalized spacial score (nSPS) is 17.4. The first-order valence-corrected chi connectivity index (χ1v) is 6.46. The van der Waals surface area contributed by atoms with Gasteiger partial charge in [-0.15, -0.1) is 0 Å². The van der Waals surface area contributed by atoms with Crippen LogP contribution in [0.15, 0.2) is 40.8 Å². The molecule has 0 aliphatic carbocycles. The van der Waals surface area contributed by atoms with Crippen LogP contribution in [0.3, 0.4) is 0 Å². The van der Waals surface area contributed by atoms with Gasteiger partial charge in [0, 0.05) is 0 Å². The number of carboxylic acid groups (broad SMARTS) is 1. The summed E-state index contributed by atoms with van der Waals surface area (Å²) in [6.45, 7) is 3.27. The fraction of sp³-hybridized carbons (Fsp3) is 0.267. The van der Waals surface area contributed by atoms with E-state index in [1.807, 2.05) is 31.2 Å². The van der Waals surface area contributed by atoms with Gasteiger partial charge in [-0.1, -0.05) is 12.1 Å². The monoisotopic (exact) mass is 273 g/mol. The van der Waals surface area contributed by atoms with E-state index in [2.05, 4.69) is 4.90 Å². The molecule has 1 aromatic carbocycles. The highest BCUT2D eigenvalue weighted by Crippen LogP contribution is 2.34. The third-order valence-corrected chi connectivity index (χ3v) is 3.23. The van der Waals surface area contributed by atoms with E-state index in [1.54, 1.807) is 6.07 Å². The van der Waals surface area contributed by atoms with Crippen molar-refractivity contribution >= 4 is 11.7 Å². The highest BCUT2D eigenvalue weighted by molar-refractivity contribution is 5.84. The summed E-state index contributed by atoms with van der Waals surface area (Å²) in [6, 6.07) is 11.0. The van der Waals surface area contributed by atoms with Crippen molar-refractivity contribution in [2.24, 2.45) is 0 Å². The van der Waals surface area contributed by atoms with Crippen molar-refractivity contribution in [1.82, 2.24) is 0 Å². The molecule has 0 saturated heterocycles. The lowest BCUT2D eigenvalue weighted by atomic mass is 10.2. The van der Waals surface area contributed by atoms with Crippen LogP contribution in [0.4, 0.5) is 5.69 Å². The molecule has 1 N–H and O–H groups in total. The predicted octanol–water partition coefficient (Wildman–Crippen LogP) is 2.77. The molecule has 0 spiro atoms. The van der Waals surface area contributed by atoms with Crippen molar-refractivity contribution < 1.29 is 19.1 Å². The molecular weight excluding hydrogens is 258 g/mol. The number of furan rings is 1. The number of rotatable bonds is 3. The van der Waals surface area contributed by atoms with Crippen molar-refractivity contribution in [3.8, 4) is 5.75 Å². The lowest BCUT2D eigenvalue weighted by Crippen LogP contribution is -2.37. The average Bonchev–Trinajstić information content (AvgIpc) is 2.87. The van der Waals surface area contributed by atoms with Gasteiger partial charge in [0.1, 0.15) is 17.6 Å². The second-order valence-electron chi connectivity index (χ2n) is 4.85. The van der Waals surface area contributed by atoms with E-state index in [0.29, 0.717) is 12.3 Å². The summed E-state index contributed by atoms with van der Waals surface area (Å²) in [5.74, 6) is 0.393. The molecule has 0 fully saturated rings. The minimum atomic E-state index is -1.05. The highest BCUT2D eigenvalue weighted by atomic mass is 16.5. The van der Waals surface area contributed by atoms with Crippen LogP contribution in [0.5, 0.6) is 5.75 Å². The Kier molecular flexibility index (Phi) is 3.10. The summed E-state index contributed by atoms with van der Waals surface area (Å²) in [5.41, 5.74) is 0.999. The molecule has 1 aliphatic heterocycles. The Hall–Kier alpha value is -2.43. The Labute approximate surface area is 116 Å². The van der Waals surface area contributed by atoms with Gasteiger partial charge in [-0.05, 0) is 31.2 Å². The number of carbonyl (C=O) groups is 1. The zero-order chi connectivity index (χ0) is 14.1. The van der Waals surface area contributed by atoms with Gasteiger partial charge in [-0.3, -0.25) is 0 Å². The van der Waals surface area contributed by atoms with Crippen LogP contribution in [0.25, 0.3) is 0 Å². The number of fused-ring (bicyclic) bond motifs is 1. The fourth-order valence-corrected chi connectivity index (χ4v) is 2.40. The van der Waals surface area contributed by atoms with Gasteiger partial charge < -0.3 is 19.2 Å². The first-order chi connectivity index (χ1) is 9.63. The van der Waals surface area contributed by atoms with Gasteiger partial charge in [0.25, 0.3) is 0 Å². The number of ether oxygens (including phenoxy) is 1. The third-order valence-electron chi connectivity index (χ3n) is 3.23. The Morgan fingerprint density at radius 1 is 1.35 bits per heavy atom. The second-order valence-corrected chi connectivity index (χ2v) is 4.85. The van der Waals surface area contributed by atoms with Crippen molar-refractivity contribution in [2.45, 2.75) is 19.6 Å². The fourth-order valence-electron chi connectivity index (χ4n) is 2.40. The summed E-state index contributed by atoms with van der Waals surface area (Å²) in [7, 11) is 0. The van der Waals surface area contributed by atoms with E-state index < -0.39 is 5.97 Å². The van der Waals surface area contributed by atoms with E-state index >= 15 is 0 Å². The lowest BCUT2D eigenvalue weighted by Gasteiger charge is -2.34. The molecule has 0 amide bonds. The highest BCUT2D eigenvalue weighted by Gasteiger charge is 2.23. The second kappa shape index (κ2) is 4.92. The first kappa shape index (κ1) is 12.6. The number of hydrogen-bond donors (Lipinski definition) is 1. The van der Waals surface area contributed by atoms with Crippen LogP contribution in [0.1, 0.15) is 23.2 Å². The number of para-hydroxylation sites is 2. The quantitative estimate of drug-likeness (QED) is 0.931. The maximum Gasteiger partial charge on any atom is 0.371 e. The molecule has 2 aromatic rings. The van der Waals surface area contributed by atoms with E-state index in [1.165, 1.54) is 6.07 Å². The molecule has 1 atom stereocenters. The minimum absolute atomic E-state index is 0.0328. The smallest absolute Gasteiger partial charge is 0.371 e. The summed E-state index contributed by atoms with van der Waals surface area (Å²) in [4.78, 5) is 13.0. The van der Waals surface area contributed by atoms with Crippen LogP contribution in [-0.4, -0.2) is 23.7 Å². The zero-order valence-electron chi connectivity index (χ0n) is 11.1. The molecule has 0 radical (unpaired) electrons. The zero-order valence-corrected chi connectivity index (χ0v) is 11.1.